The molecule has 0 aromatic heterocycles. The van der Waals surface area contributed by atoms with Crippen LogP contribution < -0.4 is 10.0 Å². The lowest BCUT2D eigenvalue weighted by molar-refractivity contribution is 0.472. The van der Waals surface area contributed by atoms with Crippen molar-refractivity contribution >= 4 is 10.0 Å². The normalized spacial score (nSPS) is 37.3. The lowest BCUT2D eigenvalue weighted by atomic mass is 10.1. The number of nitrogens with one attached hydrogen (secondary N) is 2. The molecule has 3 unspecified atom stereocenters. The fourth-order valence-electron chi connectivity index (χ4n) is 2.52. The Bertz CT molecular complexity index is 309. The third kappa shape index (κ3) is 2.52. The number of sulfonamides is 1. The van der Waals surface area contributed by atoms with Gasteiger partial charge in [-0.25, -0.2) is 13.1 Å². The lowest BCUT2D eigenvalue weighted by Crippen LogP contribution is -2.42. The average molecular weight is 232 g/mol. The van der Waals surface area contributed by atoms with Gasteiger partial charge in [0, 0.05) is 12.6 Å². The molecule has 1 heterocycles. The highest BCUT2D eigenvalue weighted by Crippen LogP contribution is 2.26. The van der Waals surface area contributed by atoms with Crippen molar-refractivity contribution in [2.45, 2.75) is 43.9 Å². The zero-order chi connectivity index (χ0) is 10.9. The second-order valence-electron chi connectivity index (χ2n) is 4.79. The summed E-state index contributed by atoms with van der Waals surface area (Å²) in [5.74, 6) is 0.495. The Labute approximate surface area is 91.9 Å². The van der Waals surface area contributed by atoms with E-state index in [9.17, 15) is 8.42 Å². The molecule has 0 spiro atoms. The summed E-state index contributed by atoms with van der Waals surface area (Å²) in [6.45, 7) is 3.56. The van der Waals surface area contributed by atoms with Crippen molar-refractivity contribution in [1.82, 2.24) is 10.0 Å². The minimum Gasteiger partial charge on any atom is -0.315 e. The molecule has 1 aliphatic heterocycles. The Balaban J connectivity index is 1.97. The summed E-state index contributed by atoms with van der Waals surface area (Å²) in [5, 5.41) is 2.88. The molecular weight excluding hydrogens is 212 g/mol. The first-order chi connectivity index (χ1) is 7.09. The van der Waals surface area contributed by atoms with Gasteiger partial charge in [-0.15, -0.1) is 0 Å². The summed E-state index contributed by atoms with van der Waals surface area (Å²) in [4.78, 5) is 0. The van der Waals surface area contributed by atoms with Gasteiger partial charge in [-0.3, -0.25) is 0 Å². The van der Waals surface area contributed by atoms with E-state index in [1.165, 1.54) is 0 Å². The molecule has 1 aliphatic carbocycles. The van der Waals surface area contributed by atoms with E-state index in [-0.39, 0.29) is 11.3 Å². The average Bonchev–Trinajstić information content (AvgIpc) is 2.77. The van der Waals surface area contributed by atoms with Crippen LogP contribution in [0, 0.1) is 5.92 Å². The molecule has 88 valence electrons. The summed E-state index contributed by atoms with van der Waals surface area (Å²) >= 11 is 0. The first-order valence-electron chi connectivity index (χ1n) is 5.81. The van der Waals surface area contributed by atoms with Crippen LogP contribution in [0.15, 0.2) is 0 Å². The van der Waals surface area contributed by atoms with Gasteiger partial charge in [0.2, 0.25) is 10.0 Å². The Hall–Kier alpha value is -0.130. The summed E-state index contributed by atoms with van der Waals surface area (Å²) in [6, 6.07) is 0.176. The predicted molar refractivity (Wildman–Crippen MR) is 60.1 cm³/mol. The van der Waals surface area contributed by atoms with Crippen molar-refractivity contribution in [3.63, 3.8) is 0 Å². The summed E-state index contributed by atoms with van der Waals surface area (Å²) in [5.41, 5.74) is 0. The molecule has 2 aliphatic rings. The zero-order valence-electron chi connectivity index (χ0n) is 9.20. The van der Waals surface area contributed by atoms with Crippen LogP contribution in [-0.2, 0) is 10.0 Å². The first kappa shape index (κ1) is 11.4. The Kier molecular flexibility index (Phi) is 3.33. The van der Waals surface area contributed by atoms with Crippen molar-refractivity contribution in [2.24, 2.45) is 5.92 Å². The molecule has 0 bridgehead atoms. The van der Waals surface area contributed by atoms with Crippen molar-refractivity contribution in [1.29, 1.82) is 0 Å². The maximum atomic E-state index is 12.0. The zero-order valence-corrected chi connectivity index (χ0v) is 10.0. The molecule has 0 aromatic rings. The maximum absolute atomic E-state index is 12.0. The van der Waals surface area contributed by atoms with Crippen LogP contribution in [0.3, 0.4) is 0 Å². The molecule has 3 atom stereocenters. The maximum Gasteiger partial charge on any atom is 0.216 e. The standard InChI is InChI=1S/C10H20N2O2S/c1-8-3-2-4-10(8)12-15(13,14)9-5-6-11-7-9/h8-12H,2-7H2,1H3. The molecule has 0 aromatic carbocycles. The molecule has 2 rings (SSSR count). The van der Waals surface area contributed by atoms with Crippen LogP contribution in [0.2, 0.25) is 0 Å². The minimum atomic E-state index is -3.09. The third-order valence-corrected chi connectivity index (χ3v) is 5.54. The van der Waals surface area contributed by atoms with Crippen molar-refractivity contribution < 1.29 is 8.42 Å². The van der Waals surface area contributed by atoms with Crippen molar-refractivity contribution in [3.05, 3.63) is 0 Å². The molecule has 0 amide bonds. The van der Waals surface area contributed by atoms with Gasteiger partial charge in [0.15, 0.2) is 0 Å². The Morgan fingerprint density at radius 1 is 1.27 bits per heavy atom. The van der Waals surface area contributed by atoms with Crippen LogP contribution in [0.5, 0.6) is 0 Å². The van der Waals surface area contributed by atoms with Gasteiger partial charge >= 0.3 is 0 Å². The van der Waals surface area contributed by atoms with Gasteiger partial charge in [0.05, 0.1) is 5.25 Å². The van der Waals surface area contributed by atoms with Crippen LogP contribution in [0.1, 0.15) is 32.6 Å². The summed E-state index contributed by atoms with van der Waals surface area (Å²) in [7, 11) is -3.09. The molecule has 2 N–H and O–H groups in total. The van der Waals surface area contributed by atoms with E-state index in [2.05, 4.69) is 17.0 Å². The Morgan fingerprint density at radius 3 is 2.60 bits per heavy atom. The SMILES string of the molecule is CC1CCCC1NS(=O)(=O)C1CCNC1. The highest BCUT2D eigenvalue weighted by atomic mass is 32.2. The molecule has 2 fully saturated rings. The van der Waals surface area contributed by atoms with Gasteiger partial charge in [-0.2, -0.15) is 0 Å². The topological polar surface area (TPSA) is 58.2 Å². The van der Waals surface area contributed by atoms with E-state index in [0.29, 0.717) is 12.5 Å². The van der Waals surface area contributed by atoms with E-state index >= 15 is 0 Å². The van der Waals surface area contributed by atoms with Gasteiger partial charge in [0.25, 0.3) is 0 Å². The van der Waals surface area contributed by atoms with Crippen LogP contribution >= 0.6 is 0 Å². The van der Waals surface area contributed by atoms with Crippen LogP contribution in [0.4, 0.5) is 0 Å². The van der Waals surface area contributed by atoms with E-state index in [4.69, 9.17) is 0 Å². The monoisotopic (exact) mass is 232 g/mol. The Morgan fingerprint density at radius 2 is 2.07 bits per heavy atom. The highest BCUT2D eigenvalue weighted by molar-refractivity contribution is 7.90. The second-order valence-corrected chi connectivity index (χ2v) is 6.78. The third-order valence-electron chi connectivity index (χ3n) is 3.63. The molecule has 1 saturated heterocycles. The van der Waals surface area contributed by atoms with Gasteiger partial charge in [-0.05, 0) is 31.7 Å². The number of hydrogen-bond acceptors (Lipinski definition) is 3. The van der Waals surface area contributed by atoms with Gasteiger partial charge in [-0.1, -0.05) is 13.3 Å². The number of hydrogen-bond donors (Lipinski definition) is 2. The molecule has 15 heavy (non-hydrogen) atoms. The van der Waals surface area contributed by atoms with Crippen molar-refractivity contribution in [2.75, 3.05) is 13.1 Å². The summed E-state index contributed by atoms with van der Waals surface area (Å²) in [6.07, 6.45) is 4.05. The molecule has 1 saturated carbocycles. The quantitative estimate of drug-likeness (QED) is 0.743. The minimum absolute atomic E-state index is 0.176. The van der Waals surface area contributed by atoms with Crippen LogP contribution in [0.25, 0.3) is 0 Å². The molecule has 5 heteroatoms. The van der Waals surface area contributed by atoms with E-state index in [1.54, 1.807) is 0 Å². The van der Waals surface area contributed by atoms with E-state index in [1.807, 2.05) is 0 Å². The predicted octanol–water partition coefficient (Wildman–Crippen LogP) is 0.456. The molecule has 0 radical (unpaired) electrons. The van der Waals surface area contributed by atoms with E-state index in [0.717, 1.165) is 32.2 Å². The fourth-order valence-corrected chi connectivity index (χ4v) is 4.25. The number of rotatable bonds is 3. The fraction of sp³-hybridized carbons (Fsp3) is 1.00. The van der Waals surface area contributed by atoms with Gasteiger partial charge in [0.1, 0.15) is 0 Å². The van der Waals surface area contributed by atoms with Crippen LogP contribution in [-0.4, -0.2) is 32.8 Å². The highest BCUT2D eigenvalue weighted by Gasteiger charge is 2.33. The molecule has 4 nitrogen and oxygen atoms in total. The lowest BCUT2D eigenvalue weighted by Gasteiger charge is -2.20. The van der Waals surface area contributed by atoms with Crippen molar-refractivity contribution in [3.8, 4) is 0 Å². The first-order valence-corrected chi connectivity index (χ1v) is 7.36. The van der Waals surface area contributed by atoms with Gasteiger partial charge < -0.3 is 5.32 Å². The second kappa shape index (κ2) is 4.39. The molecular formula is C10H20N2O2S. The smallest absolute Gasteiger partial charge is 0.216 e. The largest absolute Gasteiger partial charge is 0.315 e. The summed E-state index contributed by atoms with van der Waals surface area (Å²) < 4.78 is 26.8. The van der Waals surface area contributed by atoms with E-state index < -0.39 is 10.0 Å².